The highest BCUT2D eigenvalue weighted by molar-refractivity contribution is 6.36. The summed E-state index contributed by atoms with van der Waals surface area (Å²) < 4.78 is 0. The van der Waals surface area contributed by atoms with Crippen molar-refractivity contribution in [3.05, 3.63) is 40.0 Å². The molecule has 0 bridgehead atoms. The monoisotopic (exact) mass is 350 g/mol. The fourth-order valence-corrected chi connectivity index (χ4v) is 3.17. The standard InChI is InChI=1S/C17H20Cl2N4/c1-11-5-7-23(8-6-11)16-9-12(2)20-17(22-16)21-15-4-3-13(18)10-14(15)19/h3-4,9-11H,5-8H2,1-2H3,(H,20,21,22). The molecule has 0 saturated carbocycles. The molecule has 122 valence electrons. The zero-order valence-electron chi connectivity index (χ0n) is 13.3. The van der Waals surface area contributed by atoms with E-state index in [1.165, 1.54) is 12.8 Å². The second-order valence-electron chi connectivity index (χ2n) is 6.11. The number of anilines is 3. The molecule has 0 unspecified atom stereocenters. The average molecular weight is 351 g/mol. The maximum absolute atomic E-state index is 6.21. The van der Waals surface area contributed by atoms with Crippen LogP contribution in [0.4, 0.5) is 17.5 Å². The molecule has 2 aromatic rings. The highest BCUT2D eigenvalue weighted by Gasteiger charge is 2.18. The van der Waals surface area contributed by atoms with Crippen LogP contribution in [0, 0.1) is 12.8 Å². The lowest BCUT2D eigenvalue weighted by molar-refractivity contribution is 0.436. The lowest BCUT2D eigenvalue weighted by Crippen LogP contribution is -2.33. The van der Waals surface area contributed by atoms with E-state index in [0.717, 1.165) is 36.2 Å². The molecule has 23 heavy (non-hydrogen) atoms. The van der Waals surface area contributed by atoms with E-state index < -0.39 is 0 Å². The van der Waals surface area contributed by atoms with Gasteiger partial charge in [0, 0.05) is 29.9 Å². The van der Waals surface area contributed by atoms with E-state index in [9.17, 15) is 0 Å². The molecule has 0 amide bonds. The maximum atomic E-state index is 6.21. The summed E-state index contributed by atoms with van der Waals surface area (Å²) in [7, 11) is 0. The largest absolute Gasteiger partial charge is 0.356 e. The minimum atomic E-state index is 0.552. The van der Waals surface area contributed by atoms with E-state index >= 15 is 0 Å². The predicted octanol–water partition coefficient (Wildman–Crippen LogP) is 5.07. The smallest absolute Gasteiger partial charge is 0.229 e. The third kappa shape index (κ3) is 4.06. The van der Waals surface area contributed by atoms with Crippen LogP contribution in [-0.4, -0.2) is 23.1 Å². The Morgan fingerprint density at radius 1 is 1.13 bits per heavy atom. The molecule has 0 radical (unpaired) electrons. The van der Waals surface area contributed by atoms with Gasteiger partial charge < -0.3 is 10.2 Å². The van der Waals surface area contributed by atoms with Crippen LogP contribution in [0.15, 0.2) is 24.3 Å². The Labute approximate surface area is 146 Å². The van der Waals surface area contributed by atoms with E-state index in [2.05, 4.69) is 27.1 Å². The van der Waals surface area contributed by atoms with Gasteiger partial charge in [0.05, 0.1) is 10.7 Å². The van der Waals surface area contributed by atoms with Gasteiger partial charge in [-0.15, -0.1) is 0 Å². The van der Waals surface area contributed by atoms with Gasteiger partial charge >= 0.3 is 0 Å². The van der Waals surface area contributed by atoms with Crippen molar-refractivity contribution in [2.24, 2.45) is 5.92 Å². The summed E-state index contributed by atoms with van der Waals surface area (Å²) in [6.07, 6.45) is 2.41. The van der Waals surface area contributed by atoms with Gasteiger partial charge in [-0.05, 0) is 43.9 Å². The Bertz CT molecular complexity index is 697. The first-order valence-electron chi connectivity index (χ1n) is 7.84. The van der Waals surface area contributed by atoms with Gasteiger partial charge in [-0.1, -0.05) is 30.1 Å². The third-order valence-electron chi connectivity index (χ3n) is 4.13. The van der Waals surface area contributed by atoms with Crippen LogP contribution in [0.3, 0.4) is 0 Å². The Balaban J connectivity index is 1.82. The van der Waals surface area contributed by atoms with Crippen LogP contribution in [0.25, 0.3) is 0 Å². The molecule has 0 aliphatic carbocycles. The number of nitrogens with one attached hydrogen (secondary N) is 1. The van der Waals surface area contributed by atoms with Crippen LogP contribution in [-0.2, 0) is 0 Å². The van der Waals surface area contributed by atoms with Crippen molar-refractivity contribution in [1.29, 1.82) is 0 Å². The molecule has 2 heterocycles. The predicted molar refractivity (Wildman–Crippen MR) is 97.1 cm³/mol. The summed E-state index contributed by atoms with van der Waals surface area (Å²) in [5, 5.41) is 4.35. The summed E-state index contributed by atoms with van der Waals surface area (Å²) >= 11 is 12.1. The average Bonchev–Trinajstić information content (AvgIpc) is 2.50. The number of piperidine rings is 1. The van der Waals surface area contributed by atoms with Gasteiger partial charge in [-0.25, -0.2) is 4.98 Å². The van der Waals surface area contributed by atoms with Crippen LogP contribution < -0.4 is 10.2 Å². The van der Waals surface area contributed by atoms with Gasteiger partial charge in [-0.3, -0.25) is 0 Å². The zero-order chi connectivity index (χ0) is 16.4. The fourth-order valence-electron chi connectivity index (χ4n) is 2.72. The highest BCUT2D eigenvalue weighted by atomic mass is 35.5. The fraction of sp³-hybridized carbons (Fsp3) is 0.412. The van der Waals surface area contributed by atoms with Crippen LogP contribution in [0.2, 0.25) is 10.0 Å². The second-order valence-corrected chi connectivity index (χ2v) is 6.95. The quantitative estimate of drug-likeness (QED) is 0.838. The molecule has 6 heteroatoms. The third-order valence-corrected chi connectivity index (χ3v) is 4.67. The lowest BCUT2D eigenvalue weighted by atomic mass is 9.99. The van der Waals surface area contributed by atoms with Gasteiger partial charge in [0.1, 0.15) is 5.82 Å². The van der Waals surface area contributed by atoms with Crippen molar-refractivity contribution >= 4 is 40.7 Å². The lowest BCUT2D eigenvalue weighted by Gasteiger charge is -2.31. The van der Waals surface area contributed by atoms with E-state index in [-0.39, 0.29) is 0 Å². The number of halogens is 2. The minimum Gasteiger partial charge on any atom is -0.356 e. The van der Waals surface area contributed by atoms with Crippen molar-refractivity contribution in [2.45, 2.75) is 26.7 Å². The van der Waals surface area contributed by atoms with Crippen molar-refractivity contribution in [3.63, 3.8) is 0 Å². The van der Waals surface area contributed by atoms with Crippen molar-refractivity contribution < 1.29 is 0 Å². The van der Waals surface area contributed by atoms with Gasteiger partial charge in [0.2, 0.25) is 5.95 Å². The Morgan fingerprint density at radius 2 is 1.87 bits per heavy atom. The molecule has 4 nitrogen and oxygen atoms in total. The first-order valence-corrected chi connectivity index (χ1v) is 8.59. The number of aryl methyl sites for hydroxylation is 1. The molecule has 1 N–H and O–H groups in total. The van der Waals surface area contributed by atoms with Crippen LogP contribution in [0.1, 0.15) is 25.5 Å². The van der Waals surface area contributed by atoms with Crippen molar-refractivity contribution in [2.75, 3.05) is 23.3 Å². The Hall–Kier alpha value is -1.52. The second kappa shape index (κ2) is 6.93. The summed E-state index contributed by atoms with van der Waals surface area (Å²) in [6.45, 7) is 6.36. The van der Waals surface area contributed by atoms with E-state index in [1.54, 1.807) is 12.1 Å². The van der Waals surface area contributed by atoms with E-state index in [4.69, 9.17) is 23.2 Å². The minimum absolute atomic E-state index is 0.552. The molecular weight excluding hydrogens is 331 g/mol. The first kappa shape index (κ1) is 16.3. The highest BCUT2D eigenvalue weighted by Crippen LogP contribution is 2.28. The number of hydrogen-bond donors (Lipinski definition) is 1. The van der Waals surface area contributed by atoms with Gasteiger partial charge in [-0.2, -0.15) is 4.98 Å². The number of aromatic nitrogens is 2. The Morgan fingerprint density at radius 3 is 2.57 bits per heavy atom. The summed E-state index contributed by atoms with van der Waals surface area (Å²) in [4.78, 5) is 11.4. The molecule has 1 saturated heterocycles. The van der Waals surface area contributed by atoms with E-state index in [0.29, 0.717) is 16.0 Å². The normalized spacial score (nSPS) is 15.7. The summed E-state index contributed by atoms with van der Waals surface area (Å²) in [5.74, 6) is 2.32. The topological polar surface area (TPSA) is 41.1 Å². The molecule has 0 atom stereocenters. The zero-order valence-corrected chi connectivity index (χ0v) is 14.8. The Kier molecular flexibility index (Phi) is 4.93. The van der Waals surface area contributed by atoms with Crippen LogP contribution in [0.5, 0.6) is 0 Å². The first-order chi connectivity index (χ1) is 11.0. The number of rotatable bonds is 3. The van der Waals surface area contributed by atoms with Crippen molar-refractivity contribution in [3.8, 4) is 0 Å². The summed E-state index contributed by atoms with van der Waals surface area (Å²) in [6, 6.07) is 7.36. The van der Waals surface area contributed by atoms with Gasteiger partial charge in [0.25, 0.3) is 0 Å². The molecule has 1 aliphatic rings. The van der Waals surface area contributed by atoms with Gasteiger partial charge in [0.15, 0.2) is 0 Å². The molecule has 1 aliphatic heterocycles. The number of nitrogens with zero attached hydrogens (tertiary/aromatic N) is 3. The SMILES string of the molecule is Cc1cc(N2CCC(C)CC2)nc(Nc2ccc(Cl)cc2Cl)n1. The van der Waals surface area contributed by atoms with Crippen molar-refractivity contribution in [1.82, 2.24) is 9.97 Å². The molecular formula is C17H20Cl2N4. The number of hydrogen-bond acceptors (Lipinski definition) is 4. The maximum Gasteiger partial charge on any atom is 0.229 e. The molecule has 1 aromatic heterocycles. The van der Waals surface area contributed by atoms with Crippen LogP contribution >= 0.6 is 23.2 Å². The molecule has 1 aromatic carbocycles. The van der Waals surface area contributed by atoms with E-state index in [1.807, 2.05) is 19.1 Å². The molecule has 3 rings (SSSR count). The molecule has 0 spiro atoms. The summed E-state index contributed by atoms with van der Waals surface area (Å²) in [5.41, 5.74) is 1.68. The number of benzene rings is 1. The molecule has 1 fully saturated rings.